The number of ether oxygens (including phenoxy) is 3. The van der Waals surface area contributed by atoms with Crippen LogP contribution in [0.2, 0.25) is 0 Å². The van der Waals surface area contributed by atoms with Crippen molar-refractivity contribution < 1.29 is 19.0 Å². The summed E-state index contributed by atoms with van der Waals surface area (Å²) >= 11 is 0. The summed E-state index contributed by atoms with van der Waals surface area (Å²) in [5, 5.41) is 0. The molecule has 3 rings (SSSR count). The second-order valence-corrected chi connectivity index (χ2v) is 3.01. The summed E-state index contributed by atoms with van der Waals surface area (Å²) in [7, 11) is 0. The van der Waals surface area contributed by atoms with Crippen molar-refractivity contribution in [3.63, 3.8) is 0 Å². The van der Waals surface area contributed by atoms with E-state index in [0.29, 0.717) is 6.79 Å². The van der Waals surface area contributed by atoms with Gasteiger partial charge in [0.2, 0.25) is 0 Å². The lowest BCUT2D eigenvalue weighted by atomic mass is 10.1. The maximum atomic E-state index is 5.37. The first-order valence-corrected chi connectivity index (χ1v) is 3.94. The average molecular weight is 171 g/mol. The predicted octanol–water partition coefficient (Wildman–Crippen LogP) is -0.148. The normalized spacial score (nSPS) is 44.0. The quantitative estimate of drug-likeness (QED) is 0.549. The number of rotatable bonds is 0. The van der Waals surface area contributed by atoms with E-state index in [1.165, 1.54) is 0 Å². The van der Waals surface area contributed by atoms with E-state index in [0.717, 1.165) is 18.7 Å². The lowest BCUT2D eigenvalue weighted by Crippen LogP contribution is -2.41. The summed E-state index contributed by atoms with van der Waals surface area (Å²) in [6.07, 6.45) is 2.17. The Morgan fingerprint density at radius 1 is 1.58 bits per heavy atom. The molecule has 0 aromatic carbocycles. The molecule has 0 amide bonds. The number of hydrogen-bond donors (Lipinski definition) is 1. The third-order valence-electron chi connectivity index (χ3n) is 2.31. The Labute approximate surface area is 69.2 Å². The number of hydrogen-bond acceptors (Lipinski definition) is 5. The molecule has 3 heterocycles. The highest BCUT2D eigenvalue weighted by Gasteiger charge is 2.55. The van der Waals surface area contributed by atoms with Crippen LogP contribution in [-0.2, 0) is 19.0 Å². The van der Waals surface area contributed by atoms with E-state index in [1.807, 2.05) is 0 Å². The van der Waals surface area contributed by atoms with Gasteiger partial charge in [-0.05, 0) is 0 Å². The fourth-order valence-corrected chi connectivity index (χ4v) is 1.70. The molecule has 0 saturated carbocycles. The van der Waals surface area contributed by atoms with Crippen molar-refractivity contribution in [3.8, 4) is 0 Å². The Bertz CT molecular complexity index is 234. The molecule has 12 heavy (non-hydrogen) atoms. The van der Waals surface area contributed by atoms with Gasteiger partial charge in [-0.3, -0.25) is 4.84 Å². The van der Waals surface area contributed by atoms with Crippen LogP contribution in [0.1, 0.15) is 6.42 Å². The minimum Gasteiger partial charge on any atom is -0.466 e. The molecule has 2 atom stereocenters. The number of fused-ring (bicyclic) bond motifs is 2. The highest BCUT2D eigenvalue weighted by Crippen LogP contribution is 2.40. The molecule has 1 spiro atoms. The van der Waals surface area contributed by atoms with Crippen LogP contribution in [0.3, 0.4) is 0 Å². The van der Waals surface area contributed by atoms with E-state index in [-0.39, 0.29) is 6.10 Å². The summed E-state index contributed by atoms with van der Waals surface area (Å²) in [4.78, 5) is 5.29. The second kappa shape index (κ2) is 2.12. The summed E-state index contributed by atoms with van der Waals surface area (Å²) in [6.45, 7) is 1.08. The topological polar surface area (TPSA) is 49.0 Å². The van der Waals surface area contributed by atoms with Gasteiger partial charge in [0, 0.05) is 13.0 Å². The van der Waals surface area contributed by atoms with E-state index >= 15 is 0 Å². The molecular weight excluding hydrogens is 162 g/mol. The standard InChI is InChI=1S/C7H9NO4/c1-2-8-12-7(1)6-5(3-11-7)9-4-10-6/h3,6,8H,1-2,4H2. The monoisotopic (exact) mass is 171 g/mol. The van der Waals surface area contributed by atoms with Crippen LogP contribution in [-0.4, -0.2) is 25.2 Å². The van der Waals surface area contributed by atoms with Gasteiger partial charge in [-0.2, -0.15) is 5.48 Å². The highest BCUT2D eigenvalue weighted by atomic mass is 16.8. The second-order valence-electron chi connectivity index (χ2n) is 3.01. The van der Waals surface area contributed by atoms with Crippen molar-refractivity contribution in [2.24, 2.45) is 0 Å². The Morgan fingerprint density at radius 2 is 2.58 bits per heavy atom. The van der Waals surface area contributed by atoms with Crippen LogP contribution in [0.5, 0.6) is 0 Å². The molecule has 0 aromatic rings. The van der Waals surface area contributed by atoms with Gasteiger partial charge >= 0.3 is 0 Å². The molecule has 3 aliphatic heterocycles. The molecule has 5 nitrogen and oxygen atoms in total. The first kappa shape index (κ1) is 6.71. The van der Waals surface area contributed by atoms with Gasteiger partial charge in [0.25, 0.3) is 5.79 Å². The lowest BCUT2D eigenvalue weighted by Gasteiger charge is -2.24. The van der Waals surface area contributed by atoms with Crippen molar-refractivity contribution >= 4 is 0 Å². The molecular formula is C7H9NO4. The molecule has 2 unspecified atom stereocenters. The van der Waals surface area contributed by atoms with E-state index in [4.69, 9.17) is 19.0 Å². The van der Waals surface area contributed by atoms with Crippen LogP contribution < -0.4 is 5.48 Å². The summed E-state index contributed by atoms with van der Waals surface area (Å²) in [5.74, 6) is 0.0740. The van der Waals surface area contributed by atoms with E-state index in [9.17, 15) is 0 Å². The largest absolute Gasteiger partial charge is 0.466 e. The van der Waals surface area contributed by atoms with Gasteiger partial charge in [-0.25, -0.2) is 0 Å². The summed E-state index contributed by atoms with van der Waals surface area (Å²) in [5.41, 5.74) is 2.77. The molecule has 66 valence electrons. The van der Waals surface area contributed by atoms with E-state index in [1.54, 1.807) is 6.26 Å². The van der Waals surface area contributed by atoms with Gasteiger partial charge in [0.05, 0.1) is 0 Å². The van der Waals surface area contributed by atoms with E-state index in [2.05, 4.69) is 5.48 Å². The van der Waals surface area contributed by atoms with Crippen molar-refractivity contribution in [2.75, 3.05) is 13.3 Å². The van der Waals surface area contributed by atoms with Gasteiger partial charge in [0.15, 0.2) is 18.7 Å². The summed E-state index contributed by atoms with van der Waals surface area (Å²) < 4.78 is 15.9. The Kier molecular flexibility index (Phi) is 1.19. The van der Waals surface area contributed by atoms with Crippen LogP contribution in [0.25, 0.3) is 0 Å². The van der Waals surface area contributed by atoms with Crippen LogP contribution in [0, 0.1) is 0 Å². The minimum absolute atomic E-state index is 0.188. The molecule has 0 radical (unpaired) electrons. The van der Waals surface area contributed by atoms with Crippen molar-refractivity contribution in [1.29, 1.82) is 0 Å². The fraction of sp³-hybridized carbons (Fsp3) is 0.714. The Hall–Kier alpha value is -0.780. The molecule has 0 aliphatic carbocycles. The minimum atomic E-state index is -0.661. The molecule has 1 N–H and O–H groups in total. The summed E-state index contributed by atoms with van der Waals surface area (Å²) in [6, 6.07) is 0. The molecule has 2 fully saturated rings. The zero-order valence-corrected chi connectivity index (χ0v) is 6.41. The first-order chi connectivity index (χ1) is 5.91. The third-order valence-corrected chi connectivity index (χ3v) is 2.31. The maximum Gasteiger partial charge on any atom is 0.261 e. The van der Waals surface area contributed by atoms with Crippen molar-refractivity contribution in [1.82, 2.24) is 5.48 Å². The molecule has 2 saturated heterocycles. The van der Waals surface area contributed by atoms with Crippen LogP contribution >= 0.6 is 0 Å². The Balaban J connectivity index is 1.91. The lowest BCUT2D eigenvalue weighted by molar-refractivity contribution is -0.238. The fourth-order valence-electron chi connectivity index (χ4n) is 1.70. The first-order valence-electron chi connectivity index (χ1n) is 3.94. The van der Waals surface area contributed by atoms with Gasteiger partial charge in [0.1, 0.15) is 6.26 Å². The average Bonchev–Trinajstić information content (AvgIpc) is 2.76. The van der Waals surface area contributed by atoms with Crippen molar-refractivity contribution in [2.45, 2.75) is 18.3 Å². The van der Waals surface area contributed by atoms with Gasteiger partial charge < -0.3 is 14.2 Å². The zero-order chi connectivity index (χ0) is 8.02. The van der Waals surface area contributed by atoms with Crippen LogP contribution in [0.4, 0.5) is 0 Å². The molecule has 0 bridgehead atoms. The van der Waals surface area contributed by atoms with Gasteiger partial charge in [-0.1, -0.05) is 0 Å². The van der Waals surface area contributed by atoms with Crippen LogP contribution in [0.15, 0.2) is 12.0 Å². The van der Waals surface area contributed by atoms with Crippen molar-refractivity contribution in [3.05, 3.63) is 12.0 Å². The molecule has 0 aromatic heterocycles. The third kappa shape index (κ3) is 0.682. The smallest absolute Gasteiger partial charge is 0.261 e. The van der Waals surface area contributed by atoms with Gasteiger partial charge in [-0.15, -0.1) is 0 Å². The zero-order valence-electron chi connectivity index (χ0n) is 6.41. The van der Waals surface area contributed by atoms with E-state index < -0.39 is 5.79 Å². The predicted molar refractivity (Wildman–Crippen MR) is 36.4 cm³/mol. The maximum absolute atomic E-state index is 5.37. The molecule has 5 heteroatoms. The number of hydroxylamine groups is 1. The Morgan fingerprint density at radius 3 is 3.42 bits per heavy atom. The highest BCUT2D eigenvalue weighted by molar-refractivity contribution is 5.13. The SMILES string of the molecule is C1=C2OCOC2C2(CCNO2)O1. The number of nitrogens with one attached hydrogen (secondary N) is 1. The molecule has 3 aliphatic rings.